The standard InChI is InChI=1S/C15H18N2O5S/c1-17(2)14-9-23(21,22)8-13(14)16-12(15(19)20)7-10-3-5-11(18)6-4-10/h3-6,8-9,12,16,18H,7H2,1-2H3,(H,19,20)/t12-/m0/s1. The molecule has 124 valence electrons. The highest BCUT2D eigenvalue weighted by Crippen LogP contribution is 2.22. The topological polar surface area (TPSA) is 107 Å². The van der Waals surface area contributed by atoms with E-state index in [1.807, 2.05) is 0 Å². The molecular weight excluding hydrogens is 320 g/mol. The van der Waals surface area contributed by atoms with Gasteiger partial charge < -0.3 is 20.4 Å². The van der Waals surface area contributed by atoms with Gasteiger partial charge in [0, 0.05) is 20.5 Å². The number of carbonyl (C=O) groups is 1. The van der Waals surface area contributed by atoms with Crippen LogP contribution in [0.25, 0.3) is 0 Å². The number of carboxylic acids is 1. The third-order valence-corrected chi connectivity index (χ3v) is 4.44. The highest BCUT2D eigenvalue weighted by molar-refractivity contribution is 7.97. The SMILES string of the molecule is CN(C)C1=CS(=O)(=O)C=C1N[C@@H](Cc1ccc(O)cc1)C(=O)O. The van der Waals surface area contributed by atoms with Gasteiger partial charge >= 0.3 is 5.97 Å². The summed E-state index contributed by atoms with van der Waals surface area (Å²) < 4.78 is 23.4. The van der Waals surface area contributed by atoms with E-state index in [9.17, 15) is 23.4 Å². The smallest absolute Gasteiger partial charge is 0.326 e. The maximum absolute atomic E-state index is 11.7. The van der Waals surface area contributed by atoms with Crippen molar-refractivity contribution in [3.63, 3.8) is 0 Å². The van der Waals surface area contributed by atoms with Gasteiger partial charge in [0.25, 0.3) is 0 Å². The second kappa shape index (κ2) is 6.33. The fourth-order valence-electron chi connectivity index (χ4n) is 2.19. The van der Waals surface area contributed by atoms with Crippen molar-refractivity contribution in [3.05, 3.63) is 52.0 Å². The molecule has 0 aliphatic carbocycles. The summed E-state index contributed by atoms with van der Waals surface area (Å²) in [6.45, 7) is 0. The Hall–Kier alpha value is -2.48. The minimum atomic E-state index is -3.49. The predicted octanol–water partition coefficient (Wildman–Crippen LogP) is 0.650. The summed E-state index contributed by atoms with van der Waals surface area (Å²) in [5.41, 5.74) is 1.36. The molecule has 0 bridgehead atoms. The van der Waals surface area contributed by atoms with Crippen LogP contribution in [0, 0.1) is 0 Å². The second-order valence-electron chi connectivity index (χ2n) is 5.42. The maximum Gasteiger partial charge on any atom is 0.326 e. The number of carboxylic acid groups (broad SMARTS) is 1. The minimum Gasteiger partial charge on any atom is -0.508 e. The zero-order chi connectivity index (χ0) is 17.2. The molecule has 1 aliphatic rings. The Labute approximate surface area is 134 Å². The van der Waals surface area contributed by atoms with Gasteiger partial charge in [0.2, 0.25) is 0 Å². The molecule has 1 aromatic carbocycles. The first kappa shape index (κ1) is 16.9. The Kier molecular flexibility index (Phi) is 4.65. The average molecular weight is 338 g/mol. The van der Waals surface area contributed by atoms with Crippen LogP contribution >= 0.6 is 0 Å². The van der Waals surface area contributed by atoms with Crippen LogP contribution in [0.15, 0.2) is 46.5 Å². The van der Waals surface area contributed by atoms with Crippen molar-refractivity contribution in [2.45, 2.75) is 12.5 Å². The van der Waals surface area contributed by atoms with Crippen LogP contribution in [-0.4, -0.2) is 49.6 Å². The van der Waals surface area contributed by atoms with E-state index in [1.165, 1.54) is 12.1 Å². The van der Waals surface area contributed by atoms with Crippen molar-refractivity contribution in [2.75, 3.05) is 14.1 Å². The second-order valence-corrected chi connectivity index (χ2v) is 7.07. The van der Waals surface area contributed by atoms with Crippen LogP contribution in [0.4, 0.5) is 0 Å². The van der Waals surface area contributed by atoms with Crippen LogP contribution in [0.2, 0.25) is 0 Å². The Morgan fingerprint density at radius 3 is 2.35 bits per heavy atom. The number of phenols is 1. The first-order chi connectivity index (χ1) is 10.7. The zero-order valence-electron chi connectivity index (χ0n) is 12.7. The van der Waals surface area contributed by atoms with E-state index in [-0.39, 0.29) is 17.9 Å². The minimum absolute atomic E-state index is 0.0935. The largest absolute Gasteiger partial charge is 0.508 e. The molecule has 1 aromatic rings. The molecule has 0 unspecified atom stereocenters. The lowest BCUT2D eigenvalue weighted by atomic mass is 10.1. The van der Waals surface area contributed by atoms with Gasteiger partial charge in [0.15, 0.2) is 9.84 Å². The summed E-state index contributed by atoms with van der Waals surface area (Å²) in [5.74, 6) is -1.00. The molecule has 0 spiro atoms. The summed E-state index contributed by atoms with van der Waals surface area (Å²) in [6.07, 6.45) is 0.147. The summed E-state index contributed by atoms with van der Waals surface area (Å²) in [7, 11) is -0.137. The molecule has 7 nitrogen and oxygen atoms in total. The van der Waals surface area contributed by atoms with E-state index in [2.05, 4.69) is 5.32 Å². The van der Waals surface area contributed by atoms with Gasteiger partial charge in [-0.1, -0.05) is 12.1 Å². The molecule has 1 atom stereocenters. The van der Waals surface area contributed by atoms with E-state index in [0.717, 1.165) is 10.8 Å². The Bertz CT molecular complexity index is 764. The normalized spacial score (nSPS) is 17.1. The van der Waals surface area contributed by atoms with E-state index in [1.54, 1.807) is 31.1 Å². The highest BCUT2D eigenvalue weighted by atomic mass is 32.2. The number of sulfone groups is 1. The first-order valence-electron chi connectivity index (χ1n) is 6.81. The van der Waals surface area contributed by atoms with Crippen molar-refractivity contribution >= 4 is 15.8 Å². The van der Waals surface area contributed by atoms with Gasteiger partial charge in [-0.3, -0.25) is 0 Å². The number of rotatable bonds is 6. The molecule has 0 saturated heterocycles. The van der Waals surface area contributed by atoms with Crippen molar-refractivity contribution in [1.29, 1.82) is 0 Å². The monoisotopic (exact) mass is 338 g/mol. The number of benzene rings is 1. The van der Waals surface area contributed by atoms with Crippen LogP contribution < -0.4 is 5.32 Å². The van der Waals surface area contributed by atoms with E-state index in [0.29, 0.717) is 11.3 Å². The molecule has 0 amide bonds. The van der Waals surface area contributed by atoms with Crippen molar-refractivity contribution in [2.24, 2.45) is 0 Å². The lowest BCUT2D eigenvalue weighted by Gasteiger charge is -2.21. The molecule has 3 N–H and O–H groups in total. The summed E-state index contributed by atoms with van der Waals surface area (Å²) in [6, 6.07) is 5.19. The molecule has 2 rings (SSSR count). The third-order valence-electron chi connectivity index (χ3n) is 3.32. The molecule has 0 saturated carbocycles. The number of likely N-dealkylation sites (N-methyl/N-ethyl adjacent to an activating group) is 1. The lowest BCUT2D eigenvalue weighted by Crippen LogP contribution is -2.39. The van der Waals surface area contributed by atoms with Gasteiger partial charge in [-0.05, 0) is 17.7 Å². The quantitative estimate of drug-likeness (QED) is 0.699. The fourth-order valence-corrected chi connectivity index (χ4v) is 3.42. The van der Waals surface area contributed by atoms with Gasteiger partial charge in [-0.15, -0.1) is 0 Å². The summed E-state index contributed by atoms with van der Waals surface area (Å²) in [5, 5.41) is 23.5. The van der Waals surface area contributed by atoms with Crippen molar-refractivity contribution in [3.8, 4) is 5.75 Å². The molecule has 1 aliphatic heterocycles. The average Bonchev–Trinajstić information content (AvgIpc) is 2.75. The number of aliphatic carboxylic acids is 1. The van der Waals surface area contributed by atoms with Crippen LogP contribution in [0.1, 0.15) is 5.56 Å². The summed E-state index contributed by atoms with van der Waals surface area (Å²) >= 11 is 0. The molecule has 1 heterocycles. The van der Waals surface area contributed by atoms with Gasteiger partial charge in [-0.25, -0.2) is 13.2 Å². The number of phenolic OH excluding ortho intramolecular Hbond substituents is 1. The molecule has 0 radical (unpaired) electrons. The van der Waals surface area contributed by atoms with Crippen LogP contribution in [0.5, 0.6) is 5.75 Å². The number of nitrogens with one attached hydrogen (secondary N) is 1. The van der Waals surface area contributed by atoms with Gasteiger partial charge in [0.05, 0.1) is 22.2 Å². The molecule has 0 aromatic heterocycles. The van der Waals surface area contributed by atoms with Crippen molar-refractivity contribution in [1.82, 2.24) is 10.2 Å². The third kappa shape index (κ3) is 4.26. The number of hydrogen-bond acceptors (Lipinski definition) is 6. The number of aromatic hydroxyl groups is 1. The van der Waals surface area contributed by atoms with Crippen LogP contribution in [0.3, 0.4) is 0 Å². The predicted molar refractivity (Wildman–Crippen MR) is 85.1 cm³/mol. The van der Waals surface area contributed by atoms with E-state index in [4.69, 9.17) is 0 Å². The molecule has 0 fully saturated rings. The molecule has 23 heavy (non-hydrogen) atoms. The summed E-state index contributed by atoms with van der Waals surface area (Å²) in [4.78, 5) is 13.1. The van der Waals surface area contributed by atoms with E-state index < -0.39 is 21.8 Å². The van der Waals surface area contributed by atoms with Crippen LogP contribution in [-0.2, 0) is 21.1 Å². The Balaban J connectivity index is 2.22. The van der Waals surface area contributed by atoms with Gasteiger partial charge in [0.1, 0.15) is 11.8 Å². The first-order valence-corrected chi connectivity index (χ1v) is 8.42. The zero-order valence-corrected chi connectivity index (χ0v) is 13.5. The lowest BCUT2D eigenvalue weighted by molar-refractivity contribution is -0.139. The maximum atomic E-state index is 11.7. The Morgan fingerprint density at radius 1 is 1.22 bits per heavy atom. The van der Waals surface area contributed by atoms with E-state index >= 15 is 0 Å². The highest BCUT2D eigenvalue weighted by Gasteiger charge is 2.26. The fraction of sp³-hybridized carbons (Fsp3) is 0.267. The number of hydrogen-bond donors (Lipinski definition) is 3. The molecule has 8 heteroatoms. The number of nitrogens with zero attached hydrogens (tertiary/aromatic N) is 1. The van der Waals surface area contributed by atoms with Gasteiger partial charge in [-0.2, -0.15) is 0 Å². The van der Waals surface area contributed by atoms with Crippen molar-refractivity contribution < 1.29 is 23.4 Å². The molecular formula is C15H18N2O5S. The Morgan fingerprint density at radius 2 is 1.83 bits per heavy atom.